The van der Waals surface area contributed by atoms with Gasteiger partial charge in [-0.15, -0.1) is 0 Å². The highest BCUT2D eigenvalue weighted by molar-refractivity contribution is 6.74. The van der Waals surface area contributed by atoms with Crippen molar-refractivity contribution in [2.24, 2.45) is 17.3 Å². The predicted molar refractivity (Wildman–Crippen MR) is 181 cm³/mol. The zero-order chi connectivity index (χ0) is 37.0. The van der Waals surface area contributed by atoms with Crippen LogP contribution in [0.4, 0.5) is 0 Å². The lowest BCUT2D eigenvalue weighted by Gasteiger charge is -2.51. The number of carbonyl (C=O) groups excluding carboxylic acids is 2. The van der Waals surface area contributed by atoms with Gasteiger partial charge in [-0.3, -0.25) is 9.59 Å². The van der Waals surface area contributed by atoms with Gasteiger partial charge < -0.3 is 56.5 Å². The minimum Gasteiger partial charge on any atom is -0.461 e. The van der Waals surface area contributed by atoms with E-state index < -0.39 is 55.6 Å². The number of hydrogen-bond donors (Lipinski definition) is 0. The summed E-state index contributed by atoms with van der Waals surface area (Å²) in [5, 5.41) is -0.234. The molecule has 15 heteroatoms. The first-order valence-corrected chi connectivity index (χ1v) is 19.5. The molecule has 0 amide bonds. The number of hydrogen-bond acceptors (Lipinski definition) is 14. The van der Waals surface area contributed by atoms with Gasteiger partial charge >= 0.3 is 5.97 Å². The Morgan fingerprint density at radius 1 is 0.857 bits per heavy atom. The molecule has 286 valence electrons. The highest BCUT2D eigenvalue weighted by Crippen LogP contribution is 2.47. The smallest absolute Gasteiger partial charge is 0.314 e. The highest BCUT2D eigenvalue weighted by Gasteiger charge is 2.59. The molecule has 0 aromatic heterocycles. The minimum atomic E-state index is -2.58. The first-order chi connectivity index (χ1) is 23.0. The van der Waals surface area contributed by atoms with Crippen molar-refractivity contribution >= 4 is 20.1 Å². The summed E-state index contributed by atoms with van der Waals surface area (Å²) < 4.78 is 69.2. The van der Waals surface area contributed by atoms with Gasteiger partial charge in [0.1, 0.15) is 57.9 Å². The summed E-state index contributed by atoms with van der Waals surface area (Å²) in [6.45, 7) is 15.7. The molecule has 0 N–H and O–H groups in total. The van der Waals surface area contributed by atoms with Crippen LogP contribution in [0.15, 0.2) is 11.6 Å². The van der Waals surface area contributed by atoms with Crippen molar-refractivity contribution in [2.45, 2.75) is 96.1 Å². The molecule has 0 unspecified atom stereocenters. The van der Waals surface area contributed by atoms with Gasteiger partial charge in [0.25, 0.3) is 0 Å². The lowest BCUT2D eigenvalue weighted by molar-refractivity contribution is -0.218. The molecule has 2 aliphatic carbocycles. The average molecular weight is 723 g/mol. The van der Waals surface area contributed by atoms with E-state index in [-0.39, 0.29) is 70.3 Å². The van der Waals surface area contributed by atoms with Gasteiger partial charge in [0.15, 0.2) is 8.32 Å². The van der Waals surface area contributed by atoms with Crippen LogP contribution in [0.3, 0.4) is 0 Å². The Labute approximate surface area is 293 Å². The molecule has 0 aromatic carbocycles. The molecule has 8 atom stereocenters. The first-order valence-electron chi connectivity index (χ1n) is 16.6. The molecule has 0 radical (unpaired) electrons. The maximum Gasteiger partial charge on any atom is 0.314 e. The summed E-state index contributed by atoms with van der Waals surface area (Å²) >= 11 is 0. The Bertz CT molecular complexity index is 1060. The topological polar surface area (TPSA) is 145 Å². The molecule has 1 fully saturated rings. The van der Waals surface area contributed by atoms with E-state index in [1.807, 2.05) is 19.9 Å². The van der Waals surface area contributed by atoms with E-state index in [0.29, 0.717) is 5.57 Å². The molecule has 2 aliphatic rings. The van der Waals surface area contributed by atoms with Crippen molar-refractivity contribution < 1.29 is 66.1 Å². The maximum absolute atomic E-state index is 14.5. The van der Waals surface area contributed by atoms with Crippen LogP contribution in [0, 0.1) is 17.3 Å². The summed E-state index contributed by atoms with van der Waals surface area (Å²) in [6, 6.07) is 0. The molecule has 0 spiro atoms. The van der Waals surface area contributed by atoms with Crippen molar-refractivity contribution in [2.75, 3.05) is 82.7 Å². The van der Waals surface area contributed by atoms with E-state index in [1.165, 1.54) is 28.4 Å². The first kappa shape index (κ1) is 43.8. The number of ether oxygens (including phenoxy) is 11. The third-order valence-corrected chi connectivity index (χ3v) is 14.3. The van der Waals surface area contributed by atoms with E-state index in [1.54, 1.807) is 14.0 Å². The third-order valence-electron chi connectivity index (χ3n) is 9.84. The normalized spacial score (nSPS) is 31.1. The zero-order valence-electron chi connectivity index (χ0n) is 31.9. The van der Waals surface area contributed by atoms with Crippen LogP contribution in [0.5, 0.6) is 0 Å². The van der Waals surface area contributed by atoms with Gasteiger partial charge in [0.2, 0.25) is 0 Å². The van der Waals surface area contributed by atoms with E-state index in [0.717, 1.165) is 0 Å². The van der Waals surface area contributed by atoms with Crippen molar-refractivity contribution in [1.82, 2.24) is 0 Å². The molecular weight excluding hydrogens is 660 g/mol. The fraction of sp³-hybridized carbons (Fsp3) is 0.882. The molecule has 14 nitrogen and oxygen atoms in total. The fourth-order valence-corrected chi connectivity index (χ4v) is 7.57. The lowest BCUT2D eigenvalue weighted by Crippen LogP contribution is -2.63. The van der Waals surface area contributed by atoms with Gasteiger partial charge in [-0.05, 0) is 43.6 Å². The minimum absolute atomic E-state index is 0.00591. The molecule has 0 heterocycles. The molecule has 2 rings (SSSR count). The van der Waals surface area contributed by atoms with Crippen LogP contribution in [0.2, 0.25) is 18.1 Å². The SMILES string of the molecule is COCOC[C@]1(C)C(=O)C[C@@H](OCOC)[C@H](C(=O)OCC2=C[C@@](C)(OCOC)[C@H](OCOC)[C@H](C)[C@H]2OCOC)[C@@H]1O[Si](C)(C)C(C)(C)C. The van der Waals surface area contributed by atoms with Gasteiger partial charge in [0.05, 0.1) is 36.4 Å². The molecule has 0 bridgehead atoms. The summed E-state index contributed by atoms with van der Waals surface area (Å²) in [5.41, 5.74) is -1.55. The van der Waals surface area contributed by atoms with Crippen molar-refractivity contribution in [3.8, 4) is 0 Å². The van der Waals surface area contributed by atoms with Gasteiger partial charge in [-0.1, -0.05) is 27.7 Å². The number of Topliss-reactive ketones (excluding diaryl/α,β-unsaturated/α-hetero) is 1. The molecule has 49 heavy (non-hydrogen) atoms. The Morgan fingerprint density at radius 2 is 1.43 bits per heavy atom. The van der Waals surface area contributed by atoms with Crippen LogP contribution in [0.1, 0.15) is 48.0 Å². The number of ketones is 1. The molecule has 1 saturated carbocycles. The monoisotopic (exact) mass is 722 g/mol. The maximum atomic E-state index is 14.5. The Hall–Kier alpha value is -1.34. The number of esters is 1. The third kappa shape index (κ3) is 11.1. The second kappa shape index (κ2) is 19.5. The molecule has 0 aromatic rings. The largest absolute Gasteiger partial charge is 0.461 e. The van der Waals surface area contributed by atoms with Crippen LogP contribution >= 0.6 is 0 Å². The number of methoxy groups -OCH3 is 5. The van der Waals surface area contributed by atoms with Gasteiger partial charge in [0, 0.05) is 47.9 Å². The predicted octanol–water partition coefficient (Wildman–Crippen LogP) is 4.06. The number of rotatable bonds is 21. The molecule has 0 aliphatic heterocycles. The van der Waals surface area contributed by atoms with Crippen LogP contribution in [-0.4, -0.2) is 133 Å². The van der Waals surface area contributed by atoms with Crippen LogP contribution in [-0.2, 0) is 66.1 Å². The second-order valence-electron chi connectivity index (χ2n) is 14.6. The second-order valence-corrected chi connectivity index (χ2v) is 19.4. The van der Waals surface area contributed by atoms with E-state index in [2.05, 4.69) is 33.9 Å². The van der Waals surface area contributed by atoms with Crippen LogP contribution in [0.25, 0.3) is 0 Å². The Morgan fingerprint density at radius 3 is 2.00 bits per heavy atom. The summed E-state index contributed by atoms with van der Waals surface area (Å²) in [5.74, 6) is -2.02. The lowest BCUT2D eigenvalue weighted by atomic mass is 9.66. The van der Waals surface area contributed by atoms with Crippen molar-refractivity contribution in [3.05, 3.63) is 11.6 Å². The van der Waals surface area contributed by atoms with Gasteiger partial charge in [-0.25, -0.2) is 0 Å². The van der Waals surface area contributed by atoms with Crippen LogP contribution < -0.4 is 0 Å². The van der Waals surface area contributed by atoms with Crippen molar-refractivity contribution in [1.29, 1.82) is 0 Å². The van der Waals surface area contributed by atoms with E-state index in [9.17, 15) is 9.59 Å². The molecule has 0 saturated heterocycles. The Balaban J connectivity index is 2.60. The van der Waals surface area contributed by atoms with E-state index >= 15 is 0 Å². The van der Waals surface area contributed by atoms with Gasteiger partial charge in [-0.2, -0.15) is 0 Å². The standard InChI is InChI=1S/C34H62O14Si/c1-23-28(45-20-39-9)24(15-34(6,47-22-41-11)29(23)46-21-40-10)16-43-31(36)27-25(44-19-38-8)14-26(35)33(5,17-42-18-37-7)30(27)48-49(12,13)32(2,3)4/h15,23,25,27-30H,14,16-22H2,1-13H3/t23-,25-,27+,28-,29-,30+,33-,34-/m1/s1. The summed E-state index contributed by atoms with van der Waals surface area (Å²) in [4.78, 5) is 28.4. The zero-order valence-corrected chi connectivity index (χ0v) is 32.9. The quantitative estimate of drug-likeness (QED) is 0.0552. The summed E-state index contributed by atoms with van der Waals surface area (Å²) in [6.07, 6.45) is -1.08. The number of carbonyl (C=O) groups is 2. The molecular formula is C34H62O14Si. The summed E-state index contributed by atoms with van der Waals surface area (Å²) in [7, 11) is 5.01. The van der Waals surface area contributed by atoms with Crippen molar-refractivity contribution in [3.63, 3.8) is 0 Å². The average Bonchev–Trinajstić information content (AvgIpc) is 3.03. The van der Waals surface area contributed by atoms with E-state index in [4.69, 9.17) is 56.5 Å². The fourth-order valence-electron chi connectivity index (χ4n) is 6.18. The highest BCUT2D eigenvalue weighted by atomic mass is 28.4. The Kier molecular flexibility index (Phi) is 17.4.